The zero-order chi connectivity index (χ0) is 43.1. The number of nitrogens with zero attached hydrogens (tertiary/aromatic N) is 3. The minimum Gasteiger partial charge on any atom is -0.278 e. The minimum absolute atomic E-state index is 0.398. The molecule has 0 saturated heterocycles. The van der Waals surface area contributed by atoms with Crippen molar-refractivity contribution in [2.75, 3.05) is 0 Å². The number of aromatic nitrogens is 3. The molecule has 5 aliphatic carbocycles. The van der Waals surface area contributed by atoms with E-state index in [4.69, 9.17) is 9.97 Å². The Balaban J connectivity index is 1.05. The van der Waals surface area contributed by atoms with Crippen LogP contribution in [0.5, 0.6) is 0 Å². The Morgan fingerprint density at radius 2 is 1.18 bits per heavy atom. The molecule has 0 aliphatic heterocycles. The van der Waals surface area contributed by atoms with Gasteiger partial charge in [-0.1, -0.05) is 188 Å². The van der Waals surface area contributed by atoms with E-state index in [1.807, 2.05) is 0 Å². The Labute approximate surface area is 382 Å². The highest BCUT2D eigenvalue weighted by molar-refractivity contribution is 6.17. The summed E-state index contributed by atoms with van der Waals surface area (Å²) in [6.45, 7) is 0. The predicted molar refractivity (Wildman–Crippen MR) is 271 cm³/mol. The van der Waals surface area contributed by atoms with Gasteiger partial charge in [-0.05, 0) is 121 Å². The SMILES string of the molecule is C1=CCC2=C(C=C1)c1c(ccc3c1c1ccccc1n3-c1nc(-c3ccc4ccccc4c3)c3ccccc3n1)C21C2=C(CCC=C2)C2(c3ccccc3-c3ccccc32)c2ccccc21. The van der Waals surface area contributed by atoms with E-state index in [2.05, 4.69) is 217 Å². The van der Waals surface area contributed by atoms with Crippen LogP contribution in [0.3, 0.4) is 0 Å². The van der Waals surface area contributed by atoms with E-state index in [0.717, 1.165) is 52.5 Å². The molecule has 0 saturated carbocycles. The molecule has 2 spiro atoms. The molecule has 3 heteroatoms. The van der Waals surface area contributed by atoms with Crippen molar-refractivity contribution in [2.24, 2.45) is 0 Å². The molecule has 15 rings (SSSR count). The van der Waals surface area contributed by atoms with E-state index in [1.165, 1.54) is 88.3 Å². The van der Waals surface area contributed by atoms with Crippen LogP contribution in [0.2, 0.25) is 0 Å². The summed E-state index contributed by atoms with van der Waals surface area (Å²) in [5.41, 5.74) is 21.0. The van der Waals surface area contributed by atoms with Gasteiger partial charge >= 0.3 is 0 Å². The van der Waals surface area contributed by atoms with Crippen LogP contribution < -0.4 is 0 Å². The lowest BCUT2D eigenvalue weighted by Gasteiger charge is -2.51. The van der Waals surface area contributed by atoms with Crippen LogP contribution in [0.25, 0.3) is 77.4 Å². The van der Waals surface area contributed by atoms with Gasteiger partial charge in [0.05, 0.1) is 33.1 Å². The van der Waals surface area contributed by atoms with Gasteiger partial charge in [0.1, 0.15) is 0 Å². The van der Waals surface area contributed by atoms with Crippen molar-refractivity contribution in [3.8, 4) is 28.3 Å². The van der Waals surface area contributed by atoms with Crippen molar-refractivity contribution >= 4 is 49.1 Å². The number of fused-ring (bicyclic) bond motifs is 20. The highest BCUT2D eigenvalue weighted by Crippen LogP contribution is 2.69. The second-order valence-electron chi connectivity index (χ2n) is 18.5. The van der Waals surface area contributed by atoms with Crippen molar-refractivity contribution < 1.29 is 0 Å². The maximum atomic E-state index is 5.55. The van der Waals surface area contributed by atoms with Crippen LogP contribution in [0, 0.1) is 0 Å². The molecule has 0 radical (unpaired) electrons. The van der Waals surface area contributed by atoms with Gasteiger partial charge in [0.15, 0.2) is 0 Å². The molecule has 1 atom stereocenters. The third-order valence-electron chi connectivity index (χ3n) is 15.7. The van der Waals surface area contributed by atoms with Crippen LogP contribution in [-0.2, 0) is 10.8 Å². The second kappa shape index (κ2) is 13.2. The Kier molecular flexibility index (Phi) is 7.25. The van der Waals surface area contributed by atoms with E-state index >= 15 is 0 Å². The smallest absolute Gasteiger partial charge is 0.235 e. The third kappa shape index (κ3) is 4.43. The van der Waals surface area contributed by atoms with E-state index in [9.17, 15) is 0 Å². The summed E-state index contributed by atoms with van der Waals surface area (Å²) < 4.78 is 2.33. The molecule has 0 bridgehead atoms. The molecular formula is C63H41N3. The van der Waals surface area contributed by atoms with Gasteiger partial charge in [-0.3, -0.25) is 4.57 Å². The third-order valence-corrected chi connectivity index (χ3v) is 15.7. The van der Waals surface area contributed by atoms with Gasteiger partial charge in [0.2, 0.25) is 5.95 Å². The summed E-state index contributed by atoms with van der Waals surface area (Å²) in [7, 11) is 0. The molecule has 0 fully saturated rings. The zero-order valence-electron chi connectivity index (χ0n) is 36.2. The predicted octanol–water partition coefficient (Wildman–Crippen LogP) is 15.1. The highest BCUT2D eigenvalue weighted by Gasteiger charge is 2.60. The molecule has 66 heavy (non-hydrogen) atoms. The van der Waals surface area contributed by atoms with Crippen molar-refractivity contribution in [1.82, 2.24) is 14.5 Å². The fourth-order valence-electron chi connectivity index (χ4n) is 13.3. The van der Waals surface area contributed by atoms with E-state index in [1.54, 1.807) is 0 Å². The maximum absolute atomic E-state index is 5.55. The summed E-state index contributed by atoms with van der Waals surface area (Å²) in [6.07, 6.45) is 17.1. The molecule has 8 aromatic carbocycles. The molecule has 2 heterocycles. The van der Waals surface area contributed by atoms with Crippen molar-refractivity contribution in [1.29, 1.82) is 0 Å². The summed E-state index contributed by atoms with van der Waals surface area (Å²) >= 11 is 0. The molecular weight excluding hydrogens is 799 g/mol. The first kappa shape index (κ1) is 36.2. The lowest BCUT2D eigenvalue weighted by Crippen LogP contribution is -2.45. The number of hydrogen-bond acceptors (Lipinski definition) is 2. The number of allylic oxidation sites excluding steroid dienone is 10. The van der Waals surface area contributed by atoms with Gasteiger partial charge in [-0.25, -0.2) is 9.97 Å². The van der Waals surface area contributed by atoms with Crippen LogP contribution in [0.1, 0.15) is 52.6 Å². The van der Waals surface area contributed by atoms with Crippen LogP contribution in [0.15, 0.2) is 229 Å². The summed E-state index contributed by atoms with van der Waals surface area (Å²) in [6, 6.07) is 65.4. The summed E-state index contributed by atoms with van der Waals surface area (Å²) in [4.78, 5) is 11.0. The first-order chi connectivity index (χ1) is 32.8. The average molecular weight is 840 g/mol. The summed E-state index contributed by atoms with van der Waals surface area (Å²) in [5.74, 6) is 0.673. The van der Waals surface area contributed by atoms with Gasteiger partial charge in [-0.15, -0.1) is 0 Å². The monoisotopic (exact) mass is 839 g/mol. The lowest BCUT2D eigenvalue weighted by atomic mass is 9.50. The topological polar surface area (TPSA) is 30.7 Å². The minimum atomic E-state index is -0.510. The van der Waals surface area contributed by atoms with Gasteiger partial charge < -0.3 is 0 Å². The second-order valence-corrected chi connectivity index (χ2v) is 18.5. The quantitative estimate of drug-likeness (QED) is 0.174. The van der Waals surface area contributed by atoms with Crippen LogP contribution in [0.4, 0.5) is 0 Å². The molecule has 2 aromatic heterocycles. The first-order valence-electron chi connectivity index (χ1n) is 23.4. The van der Waals surface area contributed by atoms with Crippen molar-refractivity contribution in [3.63, 3.8) is 0 Å². The maximum Gasteiger partial charge on any atom is 0.235 e. The van der Waals surface area contributed by atoms with Crippen molar-refractivity contribution in [3.05, 3.63) is 262 Å². The molecule has 5 aliphatic rings. The Bertz CT molecular complexity index is 3930. The molecule has 0 amide bonds. The van der Waals surface area contributed by atoms with Crippen LogP contribution >= 0.6 is 0 Å². The molecule has 308 valence electrons. The number of hydrogen-bond donors (Lipinski definition) is 0. The van der Waals surface area contributed by atoms with Gasteiger partial charge in [-0.2, -0.15) is 0 Å². The van der Waals surface area contributed by atoms with Gasteiger partial charge in [0, 0.05) is 21.7 Å². The summed E-state index contributed by atoms with van der Waals surface area (Å²) in [5, 5.41) is 5.90. The van der Waals surface area contributed by atoms with Gasteiger partial charge in [0.25, 0.3) is 0 Å². The highest BCUT2D eigenvalue weighted by atomic mass is 15.2. The van der Waals surface area contributed by atoms with E-state index in [0.29, 0.717) is 5.95 Å². The Hall–Kier alpha value is -8.14. The normalized spacial score (nSPS) is 18.3. The largest absolute Gasteiger partial charge is 0.278 e. The zero-order valence-corrected chi connectivity index (χ0v) is 36.2. The lowest BCUT2D eigenvalue weighted by molar-refractivity contribution is 0.578. The number of para-hydroxylation sites is 2. The number of benzene rings is 8. The Morgan fingerprint density at radius 1 is 0.485 bits per heavy atom. The standard InChI is InChI=1S/C63H41N3/c1-2-22-44-49(25-3-1)63(52-30-14-12-28-50(52)62(51-29-13-15-31-53(51)63)47-26-10-6-20-42(47)43-21-7-11-27-48(43)62)54-36-37-57-59(58(44)54)46-24-9-17-33-56(46)66(57)61-64-55-32-16-8-23-45(55)60(65-61)41-35-34-39-18-4-5-19-40(39)38-41/h1-12,14-24,26-28,30-38H,13,25,29H2. The molecule has 0 N–H and O–H groups in total. The van der Waals surface area contributed by atoms with E-state index in [-0.39, 0.29) is 0 Å². The average Bonchev–Trinajstić information content (AvgIpc) is 3.88. The molecule has 3 nitrogen and oxygen atoms in total. The molecule has 10 aromatic rings. The first-order valence-corrected chi connectivity index (χ1v) is 23.4. The molecule has 1 unspecified atom stereocenters. The van der Waals surface area contributed by atoms with Crippen molar-refractivity contribution in [2.45, 2.75) is 30.1 Å². The van der Waals surface area contributed by atoms with Crippen LogP contribution in [-0.4, -0.2) is 14.5 Å². The fourth-order valence-corrected chi connectivity index (χ4v) is 13.3. The fraction of sp³-hybridized carbons (Fsp3) is 0.0794. The van der Waals surface area contributed by atoms with E-state index < -0.39 is 10.8 Å². The Morgan fingerprint density at radius 3 is 2.02 bits per heavy atom. The number of rotatable bonds is 2.